The SMILES string of the molecule is Nc1ccn([C@H]2C[C@H](O)[C@@H](COC(=O)Cc3ccccc3)O2)c(=O)n1. The highest BCUT2D eigenvalue weighted by Gasteiger charge is 2.36. The summed E-state index contributed by atoms with van der Waals surface area (Å²) in [5.41, 5.74) is 5.74. The summed E-state index contributed by atoms with van der Waals surface area (Å²) in [6, 6.07) is 10.7. The van der Waals surface area contributed by atoms with E-state index in [9.17, 15) is 14.7 Å². The number of nitrogens with two attached hydrogens (primary N) is 1. The standard InChI is InChI=1S/C17H19N3O5/c18-14-6-7-20(17(23)19-14)15-9-12(21)13(25-15)10-24-16(22)8-11-4-2-1-3-5-11/h1-7,12-13,15,21H,8-10H2,(H2,18,19,23)/t12-,13+,15+/m0/s1. The molecule has 2 heterocycles. The Morgan fingerprint density at radius 1 is 1.36 bits per heavy atom. The zero-order valence-electron chi connectivity index (χ0n) is 13.4. The molecule has 3 atom stereocenters. The van der Waals surface area contributed by atoms with Crippen LogP contribution in [0.1, 0.15) is 18.2 Å². The highest BCUT2D eigenvalue weighted by Crippen LogP contribution is 2.27. The van der Waals surface area contributed by atoms with Crippen molar-refractivity contribution in [3.8, 4) is 0 Å². The number of ether oxygens (including phenoxy) is 2. The Balaban J connectivity index is 1.55. The molecule has 0 bridgehead atoms. The minimum Gasteiger partial charge on any atom is -0.463 e. The molecule has 1 fully saturated rings. The minimum atomic E-state index is -0.848. The predicted octanol–water partition coefficient (Wildman–Crippen LogP) is 0.260. The molecule has 2 aromatic rings. The molecule has 1 saturated heterocycles. The van der Waals surface area contributed by atoms with Crippen molar-refractivity contribution in [1.82, 2.24) is 9.55 Å². The van der Waals surface area contributed by atoms with E-state index in [0.29, 0.717) is 0 Å². The molecule has 3 N–H and O–H groups in total. The molecule has 25 heavy (non-hydrogen) atoms. The zero-order valence-corrected chi connectivity index (χ0v) is 13.4. The second-order valence-corrected chi connectivity index (χ2v) is 5.82. The molecular formula is C17H19N3O5. The molecular weight excluding hydrogens is 326 g/mol. The van der Waals surface area contributed by atoms with Gasteiger partial charge in [0, 0.05) is 12.6 Å². The van der Waals surface area contributed by atoms with Crippen LogP contribution in [-0.4, -0.2) is 39.4 Å². The number of carbonyl (C=O) groups excluding carboxylic acids is 1. The molecule has 0 aliphatic carbocycles. The Morgan fingerprint density at radius 3 is 2.84 bits per heavy atom. The van der Waals surface area contributed by atoms with Crippen molar-refractivity contribution in [3.05, 3.63) is 58.6 Å². The van der Waals surface area contributed by atoms with Gasteiger partial charge in [0.1, 0.15) is 24.8 Å². The first-order chi connectivity index (χ1) is 12.0. The Morgan fingerprint density at radius 2 is 2.12 bits per heavy atom. The van der Waals surface area contributed by atoms with Gasteiger partial charge in [-0.3, -0.25) is 9.36 Å². The third kappa shape index (κ3) is 4.23. The number of hydrogen-bond acceptors (Lipinski definition) is 7. The number of benzene rings is 1. The quantitative estimate of drug-likeness (QED) is 0.747. The first kappa shape index (κ1) is 17.1. The molecule has 3 rings (SSSR count). The maximum absolute atomic E-state index is 11.9. The number of aliphatic hydroxyl groups excluding tert-OH is 1. The van der Waals surface area contributed by atoms with E-state index < -0.39 is 30.1 Å². The van der Waals surface area contributed by atoms with Crippen LogP contribution in [0.3, 0.4) is 0 Å². The Labute approximate surface area is 143 Å². The third-order valence-corrected chi connectivity index (χ3v) is 3.97. The van der Waals surface area contributed by atoms with Gasteiger partial charge in [0.05, 0.1) is 12.5 Å². The molecule has 132 valence electrons. The number of nitrogens with zero attached hydrogens (tertiary/aromatic N) is 2. The minimum absolute atomic E-state index is 0.0829. The third-order valence-electron chi connectivity index (χ3n) is 3.97. The maximum atomic E-state index is 11.9. The van der Waals surface area contributed by atoms with Crippen molar-refractivity contribution >= 4 is 11.8 Å². The van der Waals surface area contributed by atoms with E-state index in [2.05, 4.69) is 4.98 Å². The first-order valence-corrected chi connectivity index (χ1v) is 7.90. The summed E-state index contributed by atoms with van der Waals surface area (Å²) in [5, 5.41) is 10.1. The Hall–Kier alpha value is -2.71. The van der Waals surface area contributed by atoms with E-state index >= 15 is 0 Å². The van der Waals surface area contributed by atoms with Crippen LogP contribution in [-0.2, 0) is 20.7 Å². The van der Waals surface area contributed by atoms with Gasteiger partial charge in [0.2, 0.25) is 0 Å². The van der Waals surface area contributed by atoms with Crippen LogP contribution in [0.5, 0.6) is 0 Å². The summed E-state index contributed by atoms with van der Waals surface area (Å²) >= 11 is 0. The van der Waals surface area contributed by atoms with Gasteiger partial charge in [0.15, 0.2) is 0 Å². The normalized spacial score (nSPS) is 22.7. The highest BCUT2D eigenvalue weighted by molar-refractivity contribution is 5.72. The lowest BCUT2D eigenvalue weighted by Crippen LogP contribution is -2.29. The van der Waals surface area contributed by atoms with Crippen LogP contribution in [0.25, 0.3) is 0 Å². The van der Waals surface area contributed by atoms with Crippen molar-refractivity contribution in [2.45, 2.75) is 31.3 Å². The fourth-order valence-electron chi connectivity index (χ4n) is 2.67. The molecule has 0 spiro atoms. The maximum Gasteiger partial charge on any atom is 0.351 e. The zero-order chi connectivity index (χ0) is 17.8. The van der Waals surface area contributed by atoms with Crippen LogP contribution in [0.2, 0.25) is 0 Å². The average molecular weight is 345 g/mol. The van der Waals surface area contributed by atoms with E-state index in [-0.39, 0.29) is 25.3 Å². The molecule has 8 heteroatoms. The summed E-state index contributed by atoms with van der Waals surface area (Å²) in [4.78, 5) is 27.3. The fraction of sp³-hybridized carbons (Fsp3) is 0.353. The van der Waals surface area contributed by atoms with Gasteiger partial charge in [-0.05, 0) is 11.6 Å². The number of hydrogen-bond donors (Lipinski definition) is 2. The van der Waals surface area contributed by atoms with Crippen LogP contribution < -0.4 is 11.4 Å². The number of esters is 1. The van der Waals surface area contributed by atoms with Gasteiger partial charge in [-0.25, -0.2) is 4.79 Å². The predicted molar refractivity (Wildman–Crippen MR) is 88.5 cm³/mol. The molecule has 1 aliphatic heterocycles. The smallest absolute Gasteiger partial charge is 0.351 e. The van der Waals surface area contributed by atoms with E-state index in [4.69, 9.17) is 15.2 Å². The number of nitrogen functional groups attached to an aromatic ring is 1. The van der Waals surface area contributed by atoms with E-state index in [0.717, 1.165) is 5.56 Å². The van der Waals surface area contributed by atoms with Gasteiger partial charge in [-0.1, -0.05) is 30.3 Å². The van der Waals surface area contributed by atoms with Gasteiger partial charge < -0.3 is 20.3 Å². The van der Waals surface area contributed by atoms with Crippen LogP contribution in [0.15, 0.2) is 47.4 Å². The second kappa shape index (κ2) is 7.45. The van der Waals surface area contributed by atoms with Crippen molar-refractivity contribution in [1.29, 1.82) is 0 Å². The first-order valence-electron chi connectivity index (χ1n) is 7.90. The average Bonchev–Trinajstić information content (AvgIpc) is 2.94. The van der Waals surface area contributed by atoms with E-state index in [1.807, 2.05) is 30.3 Å². The summed E-state index contributed by atoms with van der Waals surface area (Å²) in [7, 11) is 0. The summed E-state index contributed by atoms with van der Waals surface area (Å²) in [6.07, 6.45) is -0.409. The number of rotatable bonds is 5. The van der Waals surface area contributed by atoms with Crippen molar-refractivity contribution in [2.24, 2.45) is 0 Å². The lowest BCUT2D eigenvalue weighted by atomic mass is 10.1. The topological polar surface area (TPSA) is 117 Å². The van der Waals surface area contributed by atoms with Crippen molar-refractivity contribution < 1.29 is 19.4 Å². The molecule has 1 aromatic heterocycles. The second-order valence-electron chi connectivity index (χ2n) is 5.82. The van der Waals surface area contributed by atoms with Crippen LogP contribution in [0, 0.1) is 0 Å². The van der Waals surface area contributed by atoms with E-state index in [1.54, 1.807) is 0 Å². The monoisotopic (exact) mass is 345 g/mol. The Kier molecular flexibility index (Phi) is 5.11. The largest absolute Gasteiger partial charge is 0.463 e. The number of aliphatic hydroxyl groups is 1. The fourth-order valence-corrected chi connectivity index (χ4v) is 2.67. The van der Waals surface area contributed by atoms with Crippen LogP contribution in [0.4, 0.5) is 5.82 Å². The lowest BCUT2D eigenvalue weighted by Gasteiger charge is -2.16. The van der Waals surface area contributed by atoms with Gasteiger partial charge >= 0.3 is 11.7 Å². The number of aromatic nitrogens is 2. The molecule has 0 unspecified atom stereocenters. The highest BCUT2D eigenvalue weighted by atomic mass is 16.6. The Bertz CT molecular complexity index is 792. The molecule has 0 saturated carbocycles. The molecule has 0 radical (unpaired) electrons. The number of anilines is 1. The van der Waals surface area contributed by atoms with Crippen molar-refractivity contribution in [3.63, 3.8) is 0 Å². The van der Waals surface area contributed by atoms with E-state index in [1.165, 1.54) is 16.8 Å². The summed E-state index contributed by atoms with van der Waals surface area (Å²) in [5.74, 6) is -0.289. The van der Waals surface area contributed by atoms with Gasteiger partial charge in [-0.15, -0.1) is 0 Å². The van der Waals surface area contributed by atoms with Crippen LogP contribution >= 0.6 is 0 Å². The van der Waals surface area contributed by atoms with Gasteiger partial charge in [0.25, 0.3) is 0 Å². The summed E-state index contributed by atoms with van der Waals surface area (Å²) in [6.45, 7) is -0.0829. The molecule has 1 aromatic carbocycles. The lowest BCUT2D eigenvalue weighted by molar-refractivity contribution is -0.149. The molecule has 8 nitrogen and oxygen atoms in total. The number of carbonyl (C=O) groups is 1. The van der Waals surface area contributed by atoms with Crippen molar-refractivity contribution in [2.75, 3.05) is 12.3 Å². The van der Waals surface area contributed by atoms with Gasteiger partial charge in [-0.2, -0.15) is 4.98 Å². The molecule has 1 aliphatic rings. The molecule has 0 amide bonds. The summed E-state index contributed by atoms with van der Waals surface area (Å²) < 4.78 is 12.1.